The fourth-order valence-electron chi connectivity index (χ4n) is 3.55. The summed E-state index contributed by atoms with van der Waals surface area (Å²) in [6.45, 7) is 2.31. The Hall–Kier alpha value is -1.80. The van der Waals surface area contributed by atoms with Crippen LogP contribution in [0.5, 0.6) is 0 Å². The van der Waals surface area contributed by atoms with Crippen LogP contribution in [0, 0.1) is 0 Å². The molecule has 2 aromatic rings. The number of anilines is 1. The van der Waals surface area contributed by atoms with Gasteiger partial charge in [0.25, 0.3) is 0 Å². The monoisotopic (exact) mass is 250 g/mol. The Morgan fingerprint density at radius 1 is 1.05 bits per heavy atom. The smallest absolute Gasteiger partial charge is 0.0614 e. The molecule has 0 saturated carbocycles. The topological polar surface area (TPSA) is 15.3 Å². The molecule has 2 aliphatic rings. The lowest BCUT2D eigenvalue weighted by Crippen LogP contribution is -2.42. The lowest BCUT2D eigenvalue weighted by molar-refractivity contribution is 0.421. The van der Waals surface area contributed by atoms with Crippen LogP contribution in [0.3, 0.4) is 0 Å². The van der Waals surface area contributed by atoms with Crippen molar-refractivity contribution < 1.29 is 0 Å². The summed E-state index contributed by atoms with van der Waals surface area (Å²) in [5.41, 5.74) is 7.99. The van der Waals surface area contributed by atoms with Crippen molar-refractivity contribution in [3.05, 3.63) is 65.7 Å². The molecule has 0 amide bonds. The fraction of sp³-hybridized carbons (Fsp3) is 0.294. The second-order valence-electron chi connectivity index (χ2n) is 5.87. The van der Waals surface area contributed by atoms with E-state index in [1.54, 1.807) is 0 Å². The van der Waals surface area contributed by atoms with E-state index in [0.29, 0.717) is 6.04 Å². The molecule has 0 spiro atoms. The van der Waals surface area contributed by atoms with Crippen LogP contribution in [-0.4, -0.2) is 6.04 Å². The number of benzene rings is 2. The van der Waals surface area contributed by atoms with Crippen molar-refractivity contribution in [2.45, 2.75) is 31.3 Å². The molecule has 0 aromatic heterocycles. The summed E-state index contributed by atoms with van der Waals surface area (Å²) in [5, 5.41) is 2.38. The van der Waals surface area contributed by atoms with Crippen molar-refractivity contribution in [3.8, 4) is 0 Å². The Bertz CT molecular complexity index is 608. The van der Waals surface area contributed by atoms with Crippen LogP contribution < -0.4 is 10.4 Å². The standard InChI is InChI=1S/C17H18N2/c1-17(14-8-3-2-4-9-14)12-15-11-13-7-5-6-10-16(13)19(15)18-17/h2-10,15,18H,11-12H2,1H3/t15-,17-/m0/s1. The molecule has 0 aliphatic carbocycles. The molecule has 1 saturated heterocycles. The van der Waals surface area contributed by atoms with Gasteiger partial charge in [0.15, 0.2) is 0 Å². The molecule has 2 aromatic carbocycles. The van der Waals surface area contributed by atoms with Crippen LogP contribution in [0.1, 0.15) is 24.5 Å². The third-order valence-electron chi connectivity index (χ3n) is 4.49. The summed E-state index contributed by atoms with van der Waals surface area (Å²) < 4.78 is 0. The molecule has 2 heteroatoms. The average molecular weight is 250 g/mol. The van der Waals surface area contributed by atoms with E-state index in [1.807, 2.05) is 0 Å². The maximum atomic E-state index is 3.74. The molecule has 1 N–H and O–H groups in total. The van der Waals surface area contributed by atoms with Gasteiger partial charge >= 0.3 is 0 Å². The second kappa shape index (κ2) is 3.84. The number of rotatable bonds is 1. The van der Waals surface area contributed by atoms with Crippen molar-refractivity contribution >= 4 is 5.69 Å². The van der Waals surface area contributed by atoms with Gasteiger partial charge in [0, 0.05) is 0 Å². The summed E-state index contributed by atoms with van der Waals surface area (Å²) in [4.78, 5) is 0. The maximum absolute atomic E-state index is 3.74. The predicted molar refractivity (Wildman–Crippen MR) is 78.0 cm³/mol. The van der Waals surface area contributed by atoms with Crippen LogP contribution in [0.2, 0.25) is 0 Å². The summed E-state index contributed by atoms with van der Waals surface area (Å²) in [6.07, 6.45) is 2.32. The van der Waals surface area contributed by atoms with Crippen LogP contribution >= 0.6 is 0 Å². The van der Waals surface area contributed by atoms with E-state index in [2.05, 4.69) is 72.0 Å². The van der Waals surface area contributed by atoms with Gasteiger partial charge in [0.05, 0.1) is 17.3 Å². The van der Waals surface area contributed by atoms with E-state index < -0.39 is 0 Å². The Morgan fingerprint density at radius 2 is 1.79 bits per heavy atom. The molecular weight excluding hydrogens is 232 g/mol. The first-order chi connectivity index (χ1) is 9.26. The zero-order chi connectivity index (χ0) is 12.9. The van der Waals surface area contributed by atoms with Crippen molar-refractivity contribution in [1.82, 2.24) is 5.43 Å². The summed E-state index contributed by atoms with van der Waals surface area (Å²) in [7, 11) is 0. The van der Waals surface area contributed by atoms with E-state index in [1.165, 1.54) is 16.8 Å². The average Bonchev–Trinajstić information content (AvgIpc) is 2.94. The summed E-state index contributed by atoms with van der Waals surface area (Å²) >= 11 is 0. The van der Waals surface area contributed by atoms with Gasteiger partial charge < -0.3 is 5.01 Å². The quantitative estimate of drug-likeness (QED) is 0.836. The first kappa shape index (κ1) is 11.1. The largest absolute Gasteiger partial charge is 0.304 e. The van der Waals surface area contributed by atoms with E-state index in [4.69, 9.17) is 0 Å². The van der Waals surface area contributed by atoms with Crippen molar-refractivity contribution in [1.29, 1.82) is 0 Å². The molecule has 0 bridgehead atoms. The lowest BCUT2D eigenvalue weighted by atomic mass is 9.87. The summed E-state index contributed by atoms with van der Waals surface area (Å²) in [6, 6.07) is 20.1. The number of para-hydroxylation sites is 1. The SMILES string of the molecule is C[C@@]1(c2ccccc2)C[C@@H]2Cc3ccccc3N2N1. The normalized spacial score (nSPS) is 28.3. The van der Waals surface area contributed by atoms with Crippen LogP contribution in [0.4, 0.5) is 5.69 Å². The van der Waals surface area contributed by atoms with Crippen LogP contribution in [-0.2, 0) is 12.0 Å². The minimum absolute atomic E-state index is 0.0550. The van der Waals surface area contributed by atoms with Gasteiger partial charge in [-0.1, -0.05) is 48.5 Å². The Labute approximate surface area is 114 Å². The number of hydrogen-bond acceptors (Lipinski definition) is 2. The number of hydrogen-bond donors (Lipinski definition) is 1. The van der Waals surface area contributed by atoms with Gasteiger partial charge in [0.1, 0.15) is 0 Å². The zero-order valence-corrected chi connectivity index (χ0v) is 11.1. The highest BCUT2D eigenvalue weighted by molar-refractivity contribution is 5.60. The molecule has 2 atom stereocenters. The molecule has 2 aliphatic heterocycles. The van der Waals surface area contributed by atoms with Crippen LogP contribution in [0.25, 0.3) is 0 Å². The molecule has 2 nitrogen and oxygen atoms in total. The molecule has 1 fully saturated rings. The van der Waals surface area contributed by atoms with E-state index in [9.17, 15) is 0 Å². The minimum Gasteiger partial charge on any atom is -0.304 e. The third-order valence-corrected chi connectivity index (χ3v) is 4.49. The first-order valence-corrected chi connectivity index (χ1v) is 6.97. The van der Waals surface area contributed by atoms with Gasteiger partial charge in [0.2, 0.25) is 0 Å². The summed E-state index contributed by atoms with van der Waals surface area (Å²) in [5.74, 6) is 0. The minimum atomic E-state index is 0.0550. The third kappa shape index (κ3) is 1.60. The first-order valence-electron chi connectivity index (χ1n) is 6.97. The van der Waals surface area contributed by atoms with Gasteiger partial charge in [-0.15, -0.1) is 0 Å². The maximum Gasteiger partial charge on any atom is 0.0614 e. The van der Waals surface area contributed by atoms with Gasteiger partial charge in [-0.3, -0.25) is 0 Å². The molecule has 0 radical (unpaired) electrons. The molecular formula is C17H18N2. The molecule has 19 heavy (non-hydrogen) atoms. The molecule has 96 valence electrons. The van der Waals surface area contributed by atoms with E-state index in [-0.39, 0.29) is 5.54 Å². The van der Waals surface area contributed by atoms with Crippen molar-refractivity contribution in [2.75, 3.05) is 5.01 Å². The number of fused-ring (bicyclic) bond motifs is 3. The predicted octanol–water partition coefficient (Wildman–Crippen LogP) is 3.24. The fourth-order valence-corrected chi connectivity index (χ4v) is 3.55. The highest BCUT2D eigenvalue weighted by Crippen LogP contribution is 2.42. The highest BCUT2D eigenvalue weighted by atomic mass is 15.6. The zero-order valence-electron chi connectivity index (χ0n) is 11.1. The van der Waals surface area contributed by atoms with Crippen molar-refractivity contribution in [3.63, 3.8) is 0 Å². The van der Waals surface area contributed by atoms with Gasteiger partial charge in [-0.25, -0.2) is 5.43 Å². The van der Waals surface area contributed by atoms with Crippen molar-refractivity contribution in [2.24, 2.45) is 0 Å². The Morgan fingerprint density at radius 3 is 2.63 bits per heavy atom. The Kier molecular flexibility index (Phi) is 2.24. The van der Waals surface area contributed by atoms with Gasteiger partial charge in [-0.2, -0.15) is 0 Å². The van der Waals surface area contributed by atoms with E-state index in [0.717, 1.165) is 12.8 Å². The number of nitrogens with one attached hydrogen (secondary N) is 1. The number of hydrazine groups is 1. The van der Waals surface area contributed by atoms with Gasteiger partial charge in [-0.05, 0) is 37.0 Å². The second-order valence-corrected chi connectivity index (χ2v) is 5.87. The highest BCUT2D eigenvalue weighted by Gasteiger charge is 2.45. The molecule has 0 unspecified atom stereocenters. The lowest BCUT2D eigenvalue weighted by Gasteiger charge is -2.27. The van der Waals surface area contributed by atoms with Crippen LogP contribution in [0.15, 0.2) is 54.6 Å². The Balaban J connectivity index is 1.70. The van der Waals surface area contributed by atoms with E-state index >= 15 is 0 Å². The molecule has 4 rings (SSSR count). The number of nitrogens with zero attached hydrogens (tertiary/aromatic N) is 1. The molecule has 2 heterocycles.